The minimum absolute atomic E-state index is 0.00516. The van der Waals surface area contributed by atoms with Crippen LogP contribution in [0.4, 0.5) is 4.39 Å². The first kappa shape index (κ1) is 41.2. The van der Waals surface area contributed by atoms with Gasteiger partial charge < -0.3 is 19.1 Å². The topological polar surface area (TPSA) is 98.3 Å². The van der Waals surface area contributed by atoms with Crippen LogP contribution in [0.25, 0.3) is 0 Å². The Bertz CT molecular complexity index is 1520. The number of benzene rings is 2. The zero-order chi connectivity index (χ0) is 37.2. The lowest BCUT2D eigenvalue weighted by Crippen LogP contribution is -2.44. The Balaban J connectivity index is 1.85. The van der Waals surface area contributed by atoms with Crippen LogP contribution in [0.5, 0.6) is 5.75 Å². The summed E-state index contributed by atoms with van der Waals surface area (Å²) >= 11 is 0. The number of hydrogen-bond donors (Lipinski definition) is 0. The molecule has 2 aromatic carbocycles. The molecule has 1 aromatic heterocycles. The molecule has 1 atom stereocenters. The molecule has 1 heterocycles. The van der Waals surface area contributed by atoms with Crippen LogP contribution in [-0.2, 0) is 43.2 Å². The Kier molecular flexibility index (Phi) is 17.1. The first-order valence-electron chi connectivity index (χ1n) is 17.7. The van der Waals surface area contributed by atoms with Crippen LogP contribution < -0.4 is 4.74 Å². The van der Waals surface area contributed by atoms with Crippen molar-refractivity contribution in [1.82, 2.24) is 14.8 Å². The molecule has 0 unspecified atom stereocenters. The smallest absolute Gasteiger partial charge is 0.226 e. The van der Waals surface area contributed by atoms with Crippen LogP contribution in [0.15, 0.2) is 85.5 Å². The number of aromatic nitrogens is 1. The van der Waals surface area contributed by atoms with Gasteiger partial charge in [-0.25, -0.2) is 4.98 Å². The average molecular weight is 704 g/mol. The lowest BCUT2D eigenvalue weighted by atomic mass is 9.92. The fourth-order valence-electron chi connectivity index (χ4n) is 5.72. The number of Topliss-reactive ketones (excluding diaryl/α,β-unsaturated/α-hetero) is 2. The Morgan fingerprint density at radius 1 is 0.882 bits per heavy atom. The zero-order valence-electron chi connectivity index (χ0n) is 30.8. The summed E-state index contributed by atoms with van der Waals surface area (Å²) in [4.78, 5) is 48.5. The second kappa shape index (κ2) is 21.2. The van der Waals surface area contributed by atoms with Gasteiger partial charge >= 0.3 is 0 Å². The molecule has 0 fully saturated rings. The van der Waals surface area contributed by atoms with Crippen LogP contribution in [0.2, 0.25) is 0 Å². The van der Waals surface area contributed by atoms with Gasteiger partial charge in [-0.05, 0) is 82.9 Å². The predicted octanol–water partition coefficient (Wildman–Crippen LogP) is 6.63. The van der Waals surface area contributed by atoms with E-state index in [1.54, 1.807) is 23.1 Å². The van der Waals surface area contributed by atoms with Gasteiger partial charge in [-0.2, -0.15) is 4.39 Å². The Morgan fingerprint density at radius 3 is 2.16 bits per heavy atom. The molecule has 0 aliphatic heterocycles. The lowest BCUT2D eigenvalue weighted by Gasteiger charge is -2.31. The summed E-state index contributed by atoms with van der Waals surface area (Å²) in [5.41, 5.74) is 1.90. The molecule has 0 aliphatic carbocycles. The Hall–Kier alpha value is -4.25. The van der Waals surface area contributed by atoms with E-state index in [1.165, 1.54) is 11.0 Å². The number of halogens is 1. The van der Waals surface area contributed by atoms with Crippen molar-refractivity contribution in [3.05, 3.63) is 108 Å². The maximum Gasteiger partial charge on any atom is 0.226 e. The highest BCUT2D eigenvalue weighted by atomic mass is 19.1. The average Bonchev–Trinajstić information content (AvgIpc) is 3.07. The van der Waals surface area contributed by atoms with E-state index in [-0.39, 0.29) is 62.1 Å². The van der Waals surface area contributed by atoms with E-state index in [0.717, 1.165) is 11.1 Å². The third-order valence-corrected chi connectivity index (χ3v) is 7.89. The van der Waals surface area contributed by atoms with Crippen molar-refractivity contribution in [3.8, 4) is 5.75 Å². The fourth-order valence-corrected chi connectivity index (χ4v) is 5.72. The van der Waals surface area contributed by atoms with E-state index in [0.29, 0.717) is 44.0 Å². The second-order valence-electron chi connectivity index (χ2n) is 13.5. The molecule has 3 rings (SSSR count). The number of rotatable bonds is 23. The maximum absolute atomic E-state index is 14.5. The Morgan fingerprint density at radius 2 is 1.55 bits per heavy atom. The first-order valence-corrected chi connectivity index (χ1v) is 17.7. The number of ether oxygens (including phenoxy) is 3. The molecule has 9 nitrogen and oxygen atoms in total. The summed E-state index contributed by atoms with van der Waals surface area (Å²) in [6.07, 6.45) is 2.09. The molecule has 0 radical (unpaired) electrons. The van der Waals surface area contributed by atoms with Gasteiger partial charge in [0.05, 0.1) is 31.9 Å². The van der Waals surface area contributed by atoms with E-state index < -0.39 is 18.2 Å². The molecular formula is C41H54FN3O6. The van der Waals surface area contributed by atoms with Gasteiger partial charge in [-0.1, -0.05) is 54.6 Å². The molecule has 0 saturated carbocycles. The molecule has 1 amide bonds. The van der Waals surface area contributed by atoms with Crippen molar-refractivity contribution in [2.45, 2.75) is 78.7 Å². The number of hydrogen-bond acceptors (Lipinski definition) is 8. The molecule has 51 heavy (non-hydrogen) atoms. The molecule has 3 aromatic rings. The van der Waals surface area contributed by atoms with Crippen LogP contribution in [0.1, 0.15) is 64.3 Å². The zero-order valence-corrected chi connectivity index (χ0v) is 30.8. The second-order valence-corrected chi connectivity index (χ2v) is 13.5. The molecular weight excluding hydrogens is 649 g/mol. The van der Waals surface area contributed by atoms with Gasteiger partial charge in [0.2, 0.25) is 11.9 Å². The number of carbonyl (C=O) groups is 3. The first-order chi connectivity index (χ1) is 24.4. The van der Waals surface area contributed by atoms with Crippen LogP contribution in [0.3, 0.4) is 0 Å². The standard InChI is InChI=1S/C41H54FN3O6/c1-7-24-44(28-35(46)21-18-31-14-11-10-12-15-31)29-36(47)26-33(25-32-19-22-37(23-20-32)51-41(4,5)6)40(48)45(30-39(49-8-2)50-9-3)27-34-16-13-17-38(42)43-34/h7,10-17,19-20,22-23,33,39H,1,8-9,18,21,24-30H2,2-6H3/t33-/m1/s1. The van der Waals surface area contributed by atoms with Gasteiger partial charge in [0, 0.05) is 38.5 Å². The number of pyridine rings is 1. The van der Waals surface area contributed by atoms with E-state index in [2.05, 4.69) is 11.6 Å². The number of nitrogens with zero attached hydrogens (tertiary/aromatic N) is 3. The van der Waals surface area contributed by atoms with Crippen molar-refractivity contribution in [2.24, 2.45) is 5.92 Å². The summed E-state index contributed by atoms with van der Waals surface area (Å²) in [6.45, 7) is 14.6. The summed E-state index contributed by atoms with van der Waals surface area (Å²) in [6, 6.07) is 21.7. The molecule has 10 heteroatoms. The third kappa shape index (κ3) is 15.7. The van der Waals surface area contributed by atoms with Gasteiger partial charge in [0.1, 0.15) is 22.9 Å². The third-order valence-electron chi connectivity index (χ3n) is 7.89. The maximum atomic E-state index is 14.5. The monoisotopic (exact) mass is 703 g/mol. The molecule has 0 aliphatic rings. The van der Waals surface area contributed by atoms with Crippen molar-refractivity contribution in [3.63, 3.8) is 0 Å². The molecule has 0 spiro atoms. The van der Waals surface area contributed by atoms with Crippen molar-refractivity contribution < 1.29 is 33.0 Å². The number of amides is 1. The van der Waals surface area contributed by atoms with E-state index in [9.17, 15) is 18.8 Å². The molecule has 0 N–H and O–H groups in total. The van der Waals surface area contributed by atoms with E-state index >= 15 is 0 Å². The summed E-state index contributed by atoms with van der Waals surface area (Å²) in [7, 11) is 0. The van der Waals surface area contributed by atoms with Crippen LogP contribution >= 0.6 is 0 Å². The van der Waals surface area contributed by atoms with Crippen LogP contribution in [0, 0.1) is 11.9 Å². The van der Waals surface area contributed by atoms with Crippen LogP contribution in [-0.4, -0.2) is 83.5 Å². The van der Waals surface area contributed by atoms with Crippen molar-refractivity contribution in [2.75, 3.05) is 39.4 Å². The summed E-state index contributed by atoms with van der Waals surface area (Å²) < 4.78 is 31.7. The Labute approximate surface area is 302 Å². The highest BCUT2D eigenvalue weighted by Crippen LogP contribution is 2.23. The molecule has 0 saturated heterocycles. The minimum Gasteiger partial charge on any atom is -0.488 e. The quantitative estimate of drug-likeness (QED) is 0.0617. The van der Waals surface area contributed by atoms with Crippen molar-refractivity contribution in [1.29, 1.82) is 0 Å². The fraction of sp³-hybridized carbons (Fsp3) is 0.463. The highest BCUT2D eigenvalue weighted by Gasteiger charge is 2.30. The van der Waals surface area contributed by atoms with Gasteiger partial charge in [-0.15, -0.1) is 6.58 Å². The van der Waals surface area contributed by atoms with E-state index in [1.807, 2.05) is 89.2 Å². The van der Waals surface area contributed by atoms with Crippen molar-refractivity contribution >= 4 is 17.5 Å². The number of carbonyl (C=O) groups excluding carboxylic acids is 3. The normalized spacial score (nSPS) is 12.2. The summed E-state index contributed by atoms with van der Waals surface area (Å²) in [5.74, 6) is -1.22. The van der Waals surface area contributed by atoms with Gasteiger partial charge in [-0.3, -0.25) is 19.3 Å². The summed E-state index contributed by atoms with van der Waals surface area (Å²) in [5, 5.41) is 0. The highest BCUT2D eigenvalue weighted by molar-refractivity contribution is 5.88. The minimum atomic E-state index is -0.774. The van der Waals surface area contributed by atoms with Gasteiger partial charge in [0.15, 0.2) is 6.29 Å². The van der Waals surface area contributed by atoms with E-state index in [4.69, 9.17) is 14.2 Å². The predicted molar refractivity (Wildman–Crippen MR) is 197 cm³/mol. The molecule has 0 bridgehead atoms. The molecule has 276 valence electrons. The SMILES string of the molecule is C=CCN(CC(=O)CCc1ccccc1)CC(=O)C[C@@H](Cc1ccc(OC(C)(C)C)cc1)C(=O)N(Cc1cccc(F)n1)CC(OCC)OCC. The lowest BCUT2D eigenvalue weighted by molar-refractivity contribution is -0.162. The number of ketones is 2. The largest absolute Gasteiger partial charge is 0.488 e. The number of aryl methyl sites for hydroxylation is 1. The van der Waals surface area contributed by atoms with Gasteiger partial charge in [0.25, 0.3) is 0 Å².